The van der Waals surface area contributed by atoms with Crippen LogP contribution in [0.25, 0.3) is 0 Å². The molecule has 2 heterocycles. The number of hydrogen-bond donors (Lipinski definition) is 9. The molecule has 380 valence electrons. The van der Waals surface area contributed by atoms with Crippen LogP contribution in [0.15, 0.2) is 24.3 Å². The third kappa shape index (κ3) is 16.7. The molecule has 1 aromatic carbocycles. The zero-order valence-electron chi connectivity index (χ0n) is 40.5. The molecular formula is C47H74N8O13. The van der Waals surface area contributed by atoms with Gasteiger partial charge in [-0.05, 0) is 94.4 Å². The molecule has 2 bridgehead atoms. The number of carboxylic acids is 1. The highest BCUT2D eigenvalue weighted by Gasteiger charge is 2.46. The van der Waals surface area contributed by atoms with Crippen LogP contribution in [0.4, 0.5) is 0 Å². The average molecular weight is 959 g/mol. The zero-order valence-corrected chi connectivity index (χ0v) is 40.5. The molecule has 1 aromatic rings. The van der Waals surface area contributed by atoms with Crippen LogP contribution < -0.4 is 32.3 Å². The number of aliphatic carboxylic acids is 1. The predicted molar refractivity (Wildman–Crippen MR) is 248 cm³/mol. The molecule has 0 saturated carbocycles. The van der Waals surface area contributed by atoms with Gasteiger partial charge in [0.25, 0.3) is 0 Å². The number of phenols is 1. The van der Waals surface area contributed by atoms with Crippen LogP contribution >= 0.6 is 0 Å². The van der Waals surface area contributed by atoms with Gasteiger partial charge in [0, 0.05) is 26.3 Å². The van der Waals surface area contributed by atoms with Gasteiger partial charge in [0.1, 0.15) is 60.4 Å². The number of cyclic esters (lactones) is 1. The molecule has 2 fully saturated rings. The number of esters is 1. The van der Waals surface area contributed by atoms with E-state index in [1.54, 1.807) is 26.0 Å². The standard InChI is InChI=1S/C47H74N8O13/c1-8-9-10-14-36(57)49-32(20-22-38(59)60)42(62)53-40-28(6)68-47(67)39(27(4)5)52-43(63)34(25-29-15-17-30(56)18-16-29)54(7)46(66)35(24-26(2)3)55-37(58)21-19-33(45(55)65)51-41(61)31(50-44(40)64)13-11-12-23-48/h15-18,26-28,31-35,37,39-40,56,58H,8-14,19-25,48H2,1-7H3,(H,49,57)(H,50,64)(H,51,61)(H,52,63)(H,53,62)(H,59,60)/t28-,31+,32+,33?,34?,35+,37?,39+,40+/m1/s1. The normalized spacial score (nSPS) is 25.0. The third-order valence-corrected chi connectivity index (χ3v) is 12.2. The van der Waals surface area contributed by atoms with E-state index in [2.05, 4.69) is 26.6 Å². The zero-order chi connectivity index (χ0) is 50.8. The Morgan fingerprint density at radius 1 is 0.868 bits per heavy atom. The number of likely N-dealkylation sites (N-methyl/N-ethyl adjacent to an activating group) is 1. The summed E-state index contributed by atoms with van der Waals surface area (Å²) >= 11 is 0. The Hall–Kier alpha value is -5.83. The number of aliphatic hydroxyl groups is 1. The molecular weight excluding hydrogens is 885 g/mol. The summed E-state index contributed by atoms with van der Waals surface area (Å²) in [6.45, 7) is 10.3. The van der Waals surface area contributed by atoms with Crippen LogP contribution in [-0.4, -0.2) is 147 Å². The van der Waals surface area contributed by atoms with E-state index in [9.17, 15) is 58.5 Å². The SMILES string of the molecule is CCCCCC(=O)N[C@@H](CCC(=O)O)C(=O)N[C@@H]1C(=O)N[C@@H](CCCCN)C(=O)NC2CCC(O)N(C2=O)[C@@H](CC(C)C)C(=O)N(C)C(Cc2ccc(O)cc2)C(=O)N[C@@H](C(C)C)C(=O)O[C@@H]1C. The second-order valence-corrected chi connectivity index (χ2v) is 18.6. The topological polar surface area (TPSA) is 316 Å². The number of unbranched alkanes of at least 4 members (excludes halogenated alkanes) is 3. The molecule has 0 aromatic heterocycles. The number of amides is 7. The number of nitrogens with one attached hydrogen (secondary N) is 5. The smallest absolute Gasteiger partial charge is 0.329 e. The van der Waals surface area contributed by atoms with Crippen molar-refractivity contribution in [3.8, 4) is 5.75 Å². The summed E-state index contributed by atoms with van der Waals surface area (Å²) in [6.07, 6.45) is -1.24. The molecule has 2 aliphatic heterocycles. The first-order valence-electron chi connectivity index (χ1n) is 23.8. The number of hydrogen-bond acceptors (Lipinski definition) is 13. The minimum atomic E-state index is -1.78. The number of aliphatic hydroxyl groups excluding tert-OH is 1. The number of fused-ring (bicyclic) bond motifs is 2. The van der Waals surface area contributed by atoms with E-state index < -0.39 is 120 Å². The lowest BCUT2D eigenvalue weighted by Crippen LogP contribution is -2.65. The fourth-order valence-corrected chi connectivity index (χ4v) is 8.19. The van der Waals surface area contributed by atoms with Gasteiger partial charge in [0.15, 0.2) is 0 Å². The first-order chi connectivity index (χ1) is 32.1. The fraction of sp³-hybridized carbons (Fsp3) is 0.681. The Kier molecular flexibility index (Phi) is 22.6. The van der Waals surface area contributed by atoms with Gasteiger partial charge in [0.2, 0.25) is 41.4 Å². The number of benzene rings is 1. The van der Waals surface area contributed by atoms with E-state index in [1.807, 2.05) is 20.8 Å². The van der Waals surface area contributed by atoms with Crippen LogP contribution in [0, 0.1) is 11.8 Å². The van der Waals surface area contributed by atoms with Crippen molar-refractivity contribution in [1.82, 2.24) is 36.4 Å². The number of aromatic hydroxyl groups is 1. The second kappa shape index (κ2) is 27.2. The highest BCUT2D eigenvalue weighted by atomic mass is 16.5. The predicted octanol–water partition coefficient (Wildman–Crippen LogP) is 0.717. The van der Waals surface area contributed by atoms with Crippen molar-refractivity contribution in [3.05, 3.63) is 29.8 Å². The van der Waals surface area contributed by atoms with Crippen molar-refractivity contribution in [2.45, 2.75) is 180 Å². The quantitative estimate of drug-likeness (QED) is 0.0682. The summed E-state index contributed by atoms with van der Waals surface area (Å²) in [7, 11) is 1.36. The van der Waals surface area contributed by atoms with Gasteiger partial charge < -0.3 is 62.2 Å². The van der Waals surface area contributed by atoms with E-state index in [-0.39, 0.29) is 63.2 Å². The Bertz CT molecular complexity index is 1910. The Morgan fingerprint density at radius 3 is 2.15 bits per heavy atom. The minimum absolute atomic E-state index is 0.00492. The maximum atomic E-state index is 14.8. The molecule has 68 heavy (non-hydrogen) atoms. The van der Waals surface area contributed by atoms with Crippen LogP contribution in [0.5, 0.6) is 5.75 Å². The maximum Gasteiger partial charge on any atom is 0.329 e. The molecule has 7 amide bonds. The number of phenolic OH excluding ortho intramolecular Hbond substituents is 1. The van der Waals surface area contributed by atoms with Gasteiger partial charge in [-0.15, -0.1) is 0 Å². The summed E-state index contributed by atoms with van der Waals surface area (Å²) < 4.78 is 5.85. The second-order valence-electron chi connectivity index (χ2n) is 18.6. The van der Waals surface area contributed by atoms with Gasteiger partial charge in [-0.2, -0.15) is 0 Å². The molecule has 0 aliphatic carbocycles. The molecule has 3 rings (SSSR count). The molecule has 9 atom stereocenters. The van der Waals surface area contributed by atoms with Crippen molar-refractivity contribution in [2.75, 3.05) is 13.6 Å². The third-order valence-electron chi connectivity index (χ3n) is 12.2. The molecule has 21 nitrogen and oxygen atoms in total. The first kappa shape index (κ1) is 56.5. The van der Waals surface area contributed by atoms with Crippen molar-refractivity contribution < 1.29 is 63.2 Å². The molecule has 2 saturated heterocycles. The van der Waals surface area contributed by atoms with Crippen LogP contribution in [0.2, 0.25) is 0 Å². The minimum Gasteiger partial charge on any atom is -0.508 e. The Balaban J connectivity index is 2.22. The number of ether oxygens (including phenoxy) is 1. The molecule has 0 spiro atoms. The number of nitrogens with two attached hydrogens (primary N) is 1. The maximum absolute atomic E-state index is 14.8. The number of carboxylic acid groups (broad SMARTS) is 1. The monoisotopic (exact) mass is 959 g/mol. The summed E-state index contributed by atoms with van der Waals surface area (Å²) in [4.78, 5) is 127. The first-order valence-corrected chi connectivity index (χ1v) is 23.8. The lowest BCUT2D eigenvalue weighted by atomic mass is 9.94. The molecule has 2 aliphatic rings. The highest BCUT2D eigenvalue weighted by molar-refractivity contribution is 5.98. The van der Waals surface area contributed by atoms with Gasteiger partial charge in [-0.1, -0.05) is 59.6 Å². The number of carbonyl (C=O) groups excluding carboxylic acids is 8. The van der Waals surface area contributed by atoms with E-state index in [0.717, 1.165) is 22.6 Å². The summed E-state index contributed by atoms with van der Waals surface area (Å²) in [5.41, 5.74) is 6.27. The number of carbonyl (C=O) groups is 9. The van der Waals surface area contributed by atoms with Crippen molar-refractivity contribution >= 4 is 53.3 Å². The van der Waals surface area contributed by atoms with Gasteiger partial charge in [0.05, 0.1) is 0 Å². The Morgan fingerprint density at radius 2 is 1.54 bits per heavy atom. The molecule has 0 radical (unpaired) electrons. The number of rotatable bonds is 19. The summed E-state index contributed by atoms with van der Waals surface area (Å²) in [5, 5.41) is 43.9. The van der Waals surface area contributed by atoms with Crippen LogP contribution in [-0.2, 0) is 54.3 Å². The number of piperidine rings is 1. The molecule has 10 N–H and O–H groups in total. The lowest BCUT2D eigenvalue weighted by molar-refractivity contribution is -0.166. The van der Waals surface area contributed by atoms with Crippen molar-refractivity contribution in [2.24, 2.45) is 17.6 Å². The largest absolute Gasteiger partial charge is 0.508 e. The molecule has 3 unspecified atom stereocenters. The van der Waals surface area contributed by atoms with Gasteiger partial charge in [-0.25, -0.2) is 4.79 Å². The van der Waals surface area contributed by atoms with Crippen LogP contribution in [0.3, 0.4) is 0 Å². The van der Waals surface area contributed by atoms with Gasteiger partial charge in [-0.3, -0.25) is 38.4 Å². The molecule has 21 heteroatoms. The highest BCUT2D eigenvalue weighted by Crippen LogP contribution is 2.26. The van der Waals surface area contributed by atoms with E-state index in [4.69, 9.17) is 10.5 Å². The number of nitrogens with zero attached hydrogens (tertiary/aromatic N) is 2. The van der Waals surface area contributed by atoms with E-state index in [1.165, 1.54) is 26.1 Å². The summed E-state index contributed by atoms with van der Waals surface area (Å²) in [6, 6.07) is -4.06. The van der Waals surface area contributed by atoms with Crippen LogP contribution in [0.1, 0.15) is 124 Å². The fourth-order valence-electron chi connectivity index (χ4n) is 8.19. The Labute approximate surface area is 398 Å². The average Bonchev–Trinajstić information content (AvgIpc) is 3.27. The summed E-state index contributed by atoms with van der Waals surface area (Å²) in [5.74, 6) is -8.90. The lowest BCUT2D eigenvalue weighted by Gasteiger charge is -2.43. The van der Waals surface area contributed by atoms with E-state index >= 15 is 0 Å². The van der Waals surface area contributed by atoms with Gasteiger partial charge >= 0.3 is 11.9 Å². The van der Waals surface area contributed by atoms with E-state index in [0.29, 0.717) is 24.8 Å². The van der Waals surface area contributed by atoms with Crippen molar-refractivity contribution in [1.29, 1.82) is 0 Å². The van der Waals surface area contributed by atoms with Crippen molar-refractivity contribution in [3.63, 3.8) is 0 Å².